The van der Waals surface area contributed by atoms with E-state index in [1.165, 1.54) is 0 Å². The van der Waals surface area contributed by atoms with Crippen LogP contribution < -0.4 is 9.64 Å². The lowest BCUT2D eigenvalue weighted by Gasteiger charge is -2.32. The number of benzene rings is 2. The molecule has 0 fully saturated rings. The van der Waals surface area contributed by atoms with Crippen molar-refractivity contribution >= 4 is 21.5 Å². The second kappa shape index (κ2) is 5.38. The third-order valence-electron chi connectivity index (χ3n) is 3.14. The van der Waals surface area contributed by atoms with Crippen LogP contribution in [0.3, 0.4) is 0 Å². The molecule has 2 aromatic rings. The molecule has 0 aliphatic carbocycles. The normalized spacial score (nSPS) is 13.3. The summed E-state index contributed by atoms with van der Waals surface area (Å²) in [5, 5.41) is 0. The van der Waals surface area contributed by atoms with Gasteiger partial charge in [0.1, 0.15) is 0 Å². The maximum absolute atomic E-state index is 11.1. The van der Waals surface area contributed by atoms with Gasteiger partial charge >= 0.3 is 0 Å². The molecular formula is C15H15NO4S. The number of anilines is 2. The molecule has 21 heavy (non-hydrogen) atoms. The minimum absolute atomic E-state index is 0.0848. The average molecular weight is 305 g/mol. The minimum atomic E-state index is -3.44. The van der Waals surface area contributed by atoms with Crippen LogP contribution in [0.4, 0.5) is 11.4 Å². The molecule has 6 heteroatoms. The van der Waals surface area contributed by atoms with Crippen LogP contribution in [-0.2, 0) is 14.3 Å². The van der Waals surface area contributed by atoms with Crippen LogP contribution in [0.15, 0.2) is 48.5 Å². The summed E-state index contributed by atoms with van der Waals surface area (Å²) in [6, 6.07) is 15.3. The van der Waals surface area contributed by atoms with Gasteiger partial charge in [0.15, 0.2) is 11.5 Å². The van der Waals surface area contributed by atoms with Crippen molar-refractivity contribution in [2.24, 2.45) is 0 Å². The van der Waals surface area contributed by atoms with E-state index in [2.05, 4.69) is 0 Å². The molecule has 0 N–H and O–H groups in total. The molecule has 5 nitrogen and oxygen atoms in total. The summed E-state index contributed by atoms with van der Waals surface area (Å²) in [6.07, 6.45) is 1.05. The van der Waals surface area contributed by atoms with E-state index in [-0.39, 0.29) is 6.61 Å². The zero-order valence-corrected chi connectivity index (χ0v) is 12.3. The van der Waals surface area contributed by atoms with Crippen molar-refractivity contribution in [3.63, 3.8) is 0 Å². The first kappa shape index (κ1) is 13.9. The number of hydrogen-bond acceptors (Lipinski definition) is 5. The highest BCUT2D eigenvalue weighted by Gasteiger charge is 2.23. The molecule has 0 radical (unpaired) electrons. The first-order chi connectivity index (χ1) is 10.0. The molecule has 0 bridgehead atoms. The fraction of sp³-hybridized carbons (Fsp3) is 0.200. The first-order valence-corrected chi connectivity index (χ1v) is 8.34. The molecule has 0 amide bonds. The van der Waals surface area contributed by atoms with Gasteiger partial charge in [-0.15, -0.1) is 0 Å². The molecule has 2 aromatic carbocycles. The summed E-state index contributed by atoms with van der Waals surface area (Å²) in [4.78, 5) is 2.00. The fourth-order valence-electron chi connectivity index (χ4n) is 2.30. The van der Waals surface area contributed by atoms with Gasteiger partial charge in [-0.3, -0.25) is 4.18 Å². The van der Waals surface area contributed by atoms with Crippen LogP contribution in [0.25, 0.3) is 0 Å². The zero-order valence-electron chi connectivity index (χ0n) is 11.5. The van der Waals surface area contributed by atoms with Gasteiger partial charge in [-0.2, -0.15) is 8.42 Å². The molecule has 0 atom stereocenters. The highest BCUT2D eigenvalue weighted by atomic mass is 32.2. The summed E-state index contributed by atoms with van der Waals surface area (Å²) in [5.74, 6) is 1.49. The Balaban J connectivity index is 1.91. The van der Waals surface area contributed by atoms with Gasteiger partial charge in [-0.1, -0.05) is 24.3 Å². The third kappa shape index (κ3) is 3.01. The molecule has 3 rings (SSSR count). The number of hydrogen-bond donors (Lipinski definition) is 0. The van der Waals surface area contributed by atoms with E-state index >= 15 is 0 Å². The molecule has 1 aliphatic rings. The predicted molar refractivity (Wildman–Crippen MR) is 80.8 cm³/mol. The van der Waals surface area contributed by atoms with Crippen LogP contribution in [-0.4, -0.2) is 27.8 Å². The summed E-state index contributed by atoms with van der Waals surface area (Å²) in [6.45, 7) is 0.506. The van der Waals surface area contributed by atoms with Crippen molar-refractivity contribution in [2.45, 2.75) is 0 Å². The largest absolute Gasteiger partial charge is 0.453 e. The summed E-state index contributed by atoms with van der Waals surface area (Å²) < 4.78 is 32.9. The van der Waals surface area contributed by atoms with Gasteiger partial charge in [0.25, 0.3) is 10.1 Å². The molecule has 0 saturated carbocycles. The van der Waals surface area contributed by atoms with E-state index in [1.807, 2.05) is 53.4 Å². The lowest BCUT2D eigenvalue weighted by molar-refractivity contribution is 0.329. The lowest BCUT2D eigenvalue weighted by atomic mass is 10.1. The van der Waals surface area contributed by atoms with E-state index in [0.29, 0.717) is 6.54 Å². The molecular weight excluding hydrogens is 290 g/mol. The van der Waals surface area contributed by atoms with E-state index in [1.54, 1.807) is 0 Å². The SMILES string of the molecule is CS(=O)(=O)OCCN1c2ccccc2Oc2ccccc21. The van der Waals surface area contributed by atoms with E-state index in [4.69, 9.17) is 8.92 Å². The number of nitrogens with zero attached hydrogens (tertiary/aromatic N) is 1. The van der Waals surface area contributed by atoms with Crippen molar-refractivity contribution in [1.29, 1.82) is 0 Å². The number of ether oxygens (including phenoxy) is 1. The van der Waals surface area contributed by atoms with Crippen molar-refractivity contribution in [2.75, 3.05) is 24.3 Å². The smallest absolute Gasteiger partial charge is 0.264 e. The van der Waals surface area contributed by atoms with Crippen molar-refractivity contribution in [1.82, 2.24) is 0 Å². The Bertz CT molecular complexity index is 712. The van der Waals surface area contributed by atoms with Crippen LogP contribution >= 0.6 is 0 Å². The second-order valence-corrected chi connectivity index (χ2v) is 6.36. The minimum Gasteiger partial charge on any atom is -0.453 e. The van der Waals surface area contributed by atoms with E-state index < -0.39 is 10.1 Å². The quantitative estimate of drug-likeness (QED) is 0.813. The predicted octanol–water partition coefficient (Wildman–Crippen LogP) is 2.91. The number of rotatable bonds is 4. The Hall–Kier alpha value is -2.05. The summed E-state index contributed by atoms with van der Waals surface area (Å²) >= 11 is 0. The fourth-order valence-corrected chi connectivity index (χ4v) is 2.68. The summed E-state index contributed by atoms with van der Waals surface area (Å²) in [5.41, 5.74) is 1.79. The van der Waals surface area contributed by atoms with E-state index in [0.717, 1.165) is 29.1 Å². The Morgan fingerprint density at radius 3 is 2.05 bits per heavy atom. The van der Waals surface area contributed by atoms with Crippen LogP contribution in [0.1, 0.15) is 0 Å². The average Bonchev–Trinajstić information content (AvgIpc) is 2.45. The Morgan fingerprint density at radius 1 is 1.00 bits per heavy atom. The second-order valence-electron chi connectivity index (χ2n) is 4.72. The standard InChI is InChI=1S/C15H15NO4S/c1-21(17,18)19-11-10-16-12-6-2-4-8-14(12)20-15-9-5-3-7-13(15)16/h2-9H,10-11H2,1H3. The number of fused-ring (bicyclic) bond motifs is 2. The number of para-hydroxylation sites is 4. The van der Waals surface area contributed by atoms with Crippen molar-refractivity contribution in [3.8, 4) is 11.5 Å². The maximum atomic E-state index is 11.1. The zero-order chi connectivity index (χ0) is 14.9. The van der Waals surface area contributed by atoms with Crippen LogP contribution in [0.5, 0.6) is 11.5 Å². The Labute approximate surface area is 123 Å². The molecule has 0 unspecified atom stereocenters. The maximum Gasteiger partial charge on any atom is 0.264 e. The van der Waals surface area contributed by atoms with Gasteiger partial charge in [-0.25, -0.2) is 0 Å². The van der Waals surface area contributed by atoms with Gasteiger partial charge < -0.3 is 9.64 Å². The van der Waals surface area contributed by atoms with Crippen molar-refractivity contribution < 1.29 is 17.3 Å². The highest BCUT2D eigenvalue weighted by Crippen LogP contribution is 2.45. The molecule has 0 spiro atoms. The first-order valence-electron chi connectivity index (χ1n) is 6.52. The molecule has 1 aliphatic heterocycles. The Kier molecular flexibility index (Phi) is 3.57. The van der Waals surface area contributed by atoms with Gasteiger partial charge in [0.05, 0.1) is 24.2 Å². The lowest BCUT2D eigenvalue weighted by Crippen LogP contribution is -2.26. The van der Waals surface area contributed by atoms with Gasteiger partial charge in [0, 0.05) is 6.54 Å². The molecule has 0 saturated heterocycles. The molecule has 1 heterocycles. The van der Waals surface area contributed by atoms with Crippen LogP contribution in [0, 0.1) is 0 Å². The third-order valence-corrected chi connectivity index (χ3v) is 3.74. The highest BCUT2D eigenvalue weighted by molar-refractivity contribution is 7.85. The van der Waals surface area contributed by atoms with Crippen molar-refractivity contribution in [3.05, 3.63) is 48.5 Å². The monoisotopic (exact) mass is 305 g/mol. The van der Waals surface area contributed by atoms with Crippen LogP contribution in [0.2, 0.25) is 0 Å². The van der Waals surface area contributed by atoms with E-state index in [9.17, 15) is 8.42 Å². The van der Waals surface area contributed by atoms with Gasteiger partial charge in [-0.05, 0) is 24.3 Å². The topological polar surface area (TPSA) is 55.8 Å². The summed E-state index contributed by atoms with van der Waals surface area (Å²) in [7, 11) is -3.44. The van der Waals surface area contributed by atoms with Gasteiger partial charge in [0.2, 0.25) is 0 Å². The molecule has 110 valence electrons. The Morgan fingerprint density at radius 2 is 1.52 bits per heavy atom. The molecule has 0 aromatic heterocycles.